The molecule has 108 valence electrons. The number of hydrogen-bond acceptors (Lipinski definition) is 3. The lowest BCUT2D eigenvalue weighted by Crippen LogP contribution is -2.44. The Morgan fingerprint density at radius 3 is 2.63 bits per heavy atom. The van der Waals surface area contributed by atoms with Gasteiger partial charge in [-0.05, 0) is 51.2 Å². The largest absolute Gasteiger partial charge is 0.336 e. The van der Waals surface area contributed by atoms with Crippen LogP contribution >= 0.6 is 0 Å². The molecule has 1 atom stereocenters. The Kier molecular flexibility index (Phi) is 4.23. The van der Waals surface area contributed by atoms with Crippen molar-refractivity contribution in [3.05, 3.63) is 0 Å². The van der Waals surface area contributed by atoms with Gasteiger partial charge in [0.15, 0.2) is 0 Å². The average Bonchev–Trinajstić information content (AvgIpc) is 3.06. The standard InChI is InChI=1S/C14H26N4O/c19-14-16-7-9-18(14)11-10-17-8-1-2-13(17)12-3-5-15-6-4-12/h12-13,15H,1-11H2,(H,16,19). The third-order valence-electron chi connectivity index (χ3n) is 4.94. The molecule has 3 aliphatic rings. The second-order valence-electron chi connectivity index (χ2n) is 6.05. The molecule has 5 heteroatoms. The summed E-state index contributed by atoms with van der Waals surface area (Å²) >= 11 is 0. The summed E-state index contributed by atoms with van der Waals surface area (Å²) in [5.41, 5.74) is 0. The Bertz CT molecular complexity index is 317. The minimum absolute atomic E-state index is 0.123. The first-order valence-electron chi connectivity index (χ1n) is 7.82. The molecule has 5 nitrogen and oxygen atoms in total. The summed E-state index contributed by atoms with van der Waals surface area (Å²) < 4.78 is 0. The summed E-state index contributed by atoms with van der Waals surface area (Å²) in [6, 6.07) is 0.894. The number of likely N-dealkylation sites (tertiary alicyclic amines) is 1. The number of nitrogens with zero attached hydrogens (tertiary/aromatic N) is 2. The predicted octanol–water partition coefficient (Wildman–Crippen LogP) is 0.476. The number of urea groups is 1. The van der Waals surface area contributed by atoms with E-state index in [9.17, 15) is 4.79 Å². The summed E-state index contributed by atoms with van der Waals surface area (Å²) in [6.45, 7) is 7.24. The zero-order valence-electron chi connectivity index (χ0n) is 11.7. The quantitative estimate of drug-likeness (QED) is 0.778. The van der Waals surface area contributed by atoms with Crippen LogP contribution in [0.1, 0.15) is 25.7 Å². The molecule has 0 aromatic heterocycles. The molecule has 1 unspecified atom stereocenters. The van der Waals surface area contributed by atoms with Crippen LogP contribution in [0.25, 0.3) is 0 Å². The van der Waals surface area contributed by atoms with Crippen molar-refractivity contribution in [1.82, 2.24) is 20.4 Å². The Labute approximate surface area is 115 Å². The lowest BCUT2D eigenvalue weighted by molar-refractivity contribution is 0.148. The molecular weight excluding hydrogens is 240 g/mol. The number of hydrogen-bond donors (Lipinski definition) is 2. The highest BCUT2D eigenvalue weighted by Crippen LogP contribution is 2.29. The molecule has 3 fully saturated rings. The molecule has 19 heavy (non-hydrogen) atoms. The fraction of sp³-hybridized carbons (Fsp3) is 0.929. The first-order chi connectivity index (χ1) is 9.34. The molecule has 0 saturated carbocycles. The van der Waals surface area contributed by atoms with Crippen molar-refractivity contribution in [2.75, 3.05) is 45.8 Å². The minimum Gasteiger partial charge on any atom is -0.336 e. The Morgan fingerprint density at radius 1 is 1.05 bits per heavy atom. The van der Waals surface area contributed by atoms with Crippen molar-refractivity contribution in [3.8, 4) is 0 Å². The van der Waals surface area contributed by atoms with E-state index in [-0.39, 0.29) is 6.03 Å². The highest BCUT2D eigenvalue weighted by molar-refractivity contribution is 5.76. The number of carbonyl (C=O) groups is 1. The number of nitrogens with one attached hydrogen (secondary N) is 2. The van der Waals surface area contributed by atoms with E-state index in [0.717, 1.165) is 38.1 Å². The Hall–Kier alpha value is -0.810. The fourth-order valence-electron chi connectivity index (χ4n) is 3.87. The van der Waals surface area contributed by atoms with Gasteiger partial charge in [0.25, 0.3) is 0 Å². The molecule has 0 aromatic rings. The first-order valence-corrected chi connectivity index (χ1v) is 7.82. The van der Waals surface area contributed by atoms with Crippen molar-refractivity contribution in [3.63, 3.8) is 0 Å². The predicted molar refractivity (Wildman–Crippen MR) is 75.2 cm³/mol. The van der Waals surface area contributed by atoms with Crippen LogP contribution in [-0.2, 0) is 0 Å². The Morgan fingerprint density at radius 2 is 1.89 bits per heavy atom. The SMILES string of the molecule is O=C1NCCN1CCN1CCCC1C1CCNCC1. The molecule has 3 rings (SSSR count). The number of amides is 2. The van der Waals surface area contributed by atoms with Gasteiger partial charge in [-0.2, -0.15) is 0 Å². The second kappa shape index (κ2) is 6.09. The molecule has 0 radical (unpaired) electrons. The van der Waals surface area contributed by atoms with Crippen LogP contribution in [0, 0.1) is 5.92 Å². The monoisotopic (exact) mass is 266 g/mol. The normalized spacial score (nSPS) is 30.0. The highest BCUT2D eigenvalue weighted by atomic mass is 16.2. The summed E-state index contributed by atoms with van der Waals surface area (Å²) in [7, 11) is 0. The molecule has 3 heterocycles. The zero-order chi connectivity index (χ0) is 13.1. The van der Waals surface area contributed by atoms with Gasteiger partial charge in [-0.25, -0.2) is 4.79 Å². The van der Waals surface area contributed by atoms with Crippen molar-refractivity contribution >= 4 is 6.03 Å². The molecule has 0 aliphatic carbocycles. The van der Waals surface area contributed by atoms with E-state index >= 15 is 0 Å². The van der Waals surface area contributed by atoms with Gasteiger partial charge in [-0.15, -0.1) is 0 Å². The van der Waals surface area contributed by atoms with Gasteiger partial charge in [0.1, 0.15) is 0 Å². The smallest absolute Gasteiger partial charge is 0.317 e. The van der Waals surface area contributed by atoms with E-state index in [1.54, 1.807) is 0 Å². The van der Waals surface area contributed by atoms with Crippen molar-refractivity contribution in [2.24, 2.45) is 5.92 Å². The molecule has 3 saturated heterocycles. The topological polar surface area (TPSA) is 47.6 Å². The van der Waals surface area contributed by atoms with Gasteiger partial charge in [0.05, 0.1) is 0 Å². The van der Waals surface area contributed by atoms with E-state index in [1.165, 1.54) is 45.3 Å². The van der Waals surface area contributed by atoms with Crippen LogP contribution in [0.15, 0.2) is 0 Å². The highest BCUT2D eigenvalue weighted by Gasteiger charge is 2.32. The van der Waals surface area contributed by atoms with Crippen LogP contribution in [0.4, 0.5) is 4.79 Å². The van der Waals surface area contributed by atoms with Gasteiger partial charge in [-0.3, -0.25) is 4.90 Å². The number of piperidine rings is 1. The summed E-state index contributed by atoms with van der Waals surface area (Å²) in [6.07, 6.45) is 5.34. The molecular formula is C14H26N4O. The molecule has 2 amide bonds. The minimum atomic E-state index is 0.123. The maximum absolute atomic E-state index is 11.6. The molecule has 0 bridgehead atoms. The molecule has 0 spiro atoms. The van der Waals surface area contributed by atoms with Crippen LogP contribution in [0.3, 0.4) is 0 Å². The lowest BCUT2D eigenvalue weighted by Gasteiger charge is -2.35. The average molecular weight is 266 g/mol. The lowest BCUT2D eigenvalue weighted by atomic mass is 9.89. The van der Waals surface area contributed by atoms with Gasteiger partial charge < -0.3 is 15.5 Å². The molecule has 0 aromatic carbocycles. The maximum Gasteiger partial charge on any atom is 0.317 e. The summed E-state index contributed by atoms with van der Waals surface area (Å²) in [4.78, 5) is 16.1. The van der Waals surface area contributed by atoms with E-state index < -0.39 is 0 Å². The maximum atomic E-state index is 11.6. The van der Waals surface area contributed by atoms with Gasteiger partial charge in [-0.1, -0.05) is 0 Å². The van der Waals surface area contributed by atoms with Crippen LogP contribution in [0.5, 0.6) is 0 Å². The van der Waals surface area contributed by atoms with Gasteiger partial charge in [0.2, 0.25) is 0 Å². The summed E-state index contributed by atoms with van der Waals surface area (Å²) in [5.74, 6) is 0.871. The Balaban J connectivity index is 1.49. The van der Waals surface area contributed by atoms with Gasteiger partial charge >= 0.3 is 6.03 Å². The van der Waals surface area contributed by atoms with Crippen LogP contribution < -0.4 is 10.6 Å². The third-order valence-corrected chi connectivity index (χ3v) is 4.94. The second-order valence-corrected chi connectivity index (χ2v) is 6.05. The van der Waals surface area contributed by atoms with E-state index in [1.807, 2.05) is 4.90 Å². The van der Waals surface area contributed by atoms with Crippen LogP contribution in [0.2, 0.25) is 0 Å². The van der Waals surface area contributed by atoms with Crippen molar-refractivity contribution in [1.29, 1.82) is 0 Å². The van der Waals surface area contributed by atoms with Crippen LogP contribution in [-0.4, -0.2) is 67.7 Å². The van der Waals surface area contributed by atoms with Crippen molar-refractivity contribution < 1.29 is 4.79 Å². The third kappa shape index (κ3) is 3.03. The van der Waals surface area contributed by atoms with Gasteiger partial charge in [0, 0.05) is 32.2 Å². The van der Waals surface area contributed by atoms with E-state index in [2.05, 4.69) is 15.5 Å². The molecule has 3 aliphatic heterocycles. The number of rotatable bonds is 4. The first kappa shape index (κ1) is 13.2. The van der Waals surface area contributed by atoms with Crippen molar-refractivity contribution in [2.45, 2.75) is 31.7 Å². The number of carbonyl (C=O) groups excluding carboxylic acids is 1. The zero-order valence-corrected chi connectivity index (χ0v) is 11.7. The fourth-order valence-corrected chi connectivity index (χ4v) is 3.87. The van der Waals surface area contributed by atoms with E-state index in [4.69, 9.17) is 0 Å². The summed E-state index contributed by atoms with van der Waals surface area (Å²) in [5, 5.41) is 6.34. The van der Waals surface area contributed by atoms with E-state index in [0.29, 0.717) is 0 Å². The molecule has 2 N–H and O–H groups in total.